The molecule has 1 atom stereocenters. The summed E-state index contributed by atoms with van der Waals surface area (Å²) in [4.78, 5) is 21.7. The van der Waals surface area contributed by atoms with Gasteiger partial charge in [0.2, 0.25) is 0 Å². The average Bonchev–Trinajstić information content (AvgIpc) is 3.12. The number of aromatic nitrogens is 3. The maximum atomic E-state index is 13.0. The highest BCUT2D eigenvalue weighted by Gasteiger charge is 2.33. The van der Waals surface area contributed by atoms with Crippen molar-refractivity contribution in [1.82, 2.24) is 23.9 Å². The molecule has 2 fully saturated rings. The van der Waals surface area contributed by atoms with Crippen molar-refractivity contribution >= 4 is 5.91 Å². The van der Waals surface area contributed by atoms with Crippen LogP contribution in [0.15, 0.2) is 30.7 Å². The molecule has 6 nitrogen and oxygen atoms in total. The summed E-state index contributed by atoms with van der Waals surface area (Å²) in [5.74, 6) is 1.16. The third-order valence-corrected chi connectivity index (χ3v) is 5.03. The number of hydrogen-bond donors (Lipinski definition) is 0. The molecule has 3 heterocycles. The van der Waals surface area contributed by atoms with E-state index in [9.17, 15) is 4.79 Å². The van der Waals surface area contributed by atoms with Crippen LogP contribution in [0.1, 0.15) is 41.2 Å². The van der Waals surface area contributed by atoms with E-state index < -0.39 is 0 Å². The first-order chi connectivity index (χ1) is 11.1. The minimum atomic E-state index is 0.147. The van der Waals surface area contributed by atoms with Crippen LogP contribution in [0.2, 0.25) is 0 Å². The van der Waals surface area contributed by atoms with Crippen LogP contribution in [0.25, 0.3) is 0 Å². The number of carbonyl (C=O) groups is 1. The summed E-state index contributed by atoms with van der Waals surface area (Å²) < 4.78 is 4.19. The molecule has 0 spiro atoms. The van der Waals surface area contributed by atoms with Gasteiger partial charge in [-0.15, -0.1) is 0 Å². The Kier molecular flexibility index (Phi) is 3.49. The van der Waals surface area contributed by atoms with Crippen molar-refractivity contribution < 1.29 is 4.79 Å². The highest BCUT2D eigenvalue weighted by molar-refractivity contribution is 5.93. The molecule has 0 bridgehead atoms. The number of aryl methyl sites for hydroxylation is 1. The van der Waals surface area contributed by atoms with E-state index in [1.165, 1.54) is 12.8 Å². The normalized spacial score (nSPS) is 22.5. The van der Waals surface area contributed by atoms with Crippen molar-refractivity contribution in [2.75, 3.05) is 26.7 Å². The zero-order chi connectivity index (χ0) is 16.0. The van der Waals surface area contributed by atoms with Crippen LogP contribution in [0.4, 0.5) is 0 Å². The number of carbonyl (C=O) groups excluding carboxylic acids is 1. The summed E-state index contributed by atoms with van der Waals surface area (Å²) in [6.07, 6.45) is 8.20. The molecule has 0 radical (unpaired) electrons. The molecular formula is C17H23N5O. The highest BCUT2D eigenvalue weighted by atomic mass is 16.2. The lowest BCUT2D eigenvalue weighted by molar-refractivity contribution is 0.0519. The molecule has 2 aromatic heterocycles. The number of amides is 1. The van der Waals surface area contributed by atoms with Crippen LogP contribution < -0.4 is 0 Å². The van der Waals surface area contributed by atoms with Crippen molar-refractivity contribution in [2.24, 2.45) is 7.05 Å². The number of nitrogens with zero attached hydrogens (tertiary/aromatic N) is 5. The third kappa shape index (κ3) is 2.57. The van der Waals surface area contributed by atoms with Crippen LogP contribution >= 0.6 is 0 Å². The summed E-state index contributed by atoms with van der Waals surface area (Å²) in [7, 11) is 4.11. The Balaban J connectivity index is 1.56. The fourth-order valence-electron chi connectivity index (χ4n) is 3.44. The van der Waals surface area contributed by atoms with Gasteiger partial charge in [-0.3, -0.25) is 9.69 Å². The van der Waals surface area contributed by atoms with Crippen LogP contribution in [0, 0.1) is 0 Å². The minimum Gasteiger partial charge on any atom is -0.340 e. The fourth-order valence-corrected chi connectivity index (χ4v) is 3.44. The highest BCUT2D eigenvalue weighted by Crippen LogP contribution is 2.36. The number of imidazole rings is 1. The molecule has 1 aliphatic heterocycles. The van der Waals surface area contributed by atoms with Gasteiger partial charge < -0.3 is 14.0 Å². The van der Waals surface area contributed by atoms with Gasteiger partial charge in [-0.25, -0.2) is 4.98 Å². The molecule has 1 saturated heterocycles. The number of likely N-dealkylation sites (N-methyl/N-ethyl adjacent to an activating group) is 1. The number of rotatable bonds is 3. The minimum absolute atomic E-state index is 0.147. The lowest BCUT2D eigenvalue weighted by Crippen LogP contribution is -2.49. The quantitative estimate of drug-likeness (QED) is 0.866. The molecule has 1 aliphatic carbocycles. The first-order valence-corrected chi connectivity index (χ1v) is 8.28. The lowest BCUT2D eigenvalue weighted by Gasteiger charge is -2.39. The molecule has 23 heavy (non-hydrogen) atoms. The van der Waals surface area contributed by atoms with Gasteiger partial charge in [0.15, 0.2) is 0 Å². The van der Waals surface area contributed by atoms with Gasteiger partial charge in [0.1, 0.15) is 11.5 Å². The van der Waals surface area contributed by atoms with Gasteiger partial charge in [-0.2, -0.15) is 0 Å². The van der Waals surface area contributed by atoms with Crippen molar-refractivity contribution in [2.45, 2.75) is 24.9 Å². The lowest BCUT2D eigenvalue weighted by atomic mass is 10.1. The molecule has 122 valence electrons. The van der Waals surface area contributed by atoms with E-state index in [0.717, 1.165) is 24.6 Å². The molecule has 1 unspecified atom stereocenters. The zero-order valence-electron chi connectivity index (χ0n) is 13.7. The van der Waals surface area contributed by atoms with E-state index in [4.69, 9.17) is 0 Å². The topological polar surface area (TPSA) is 46.3 Å². The van der Waals surface area contributed by atoms with E-state index >= 15 is 0 Å². The van der Waals surface area contributed by atoms with E-state index in [2.05, 4.69) is 21.5 Å². The van der Waals surface area contributed by atoms with Crippen LogP contribution in [0.5, 0.6) is 0 Å². The third-order valence-electron chi connectivity index (χ3n) is 5.03. The van der Waals surface area contributed by atoms with Crippen molar-refractivity contribution in [1.29, 1.82) is 0 Å². The Morgan fingerprint density at radius 1 is 1.22 bits per heavy atom. The van der Waals surface area contributed by atoms with Crippen LogP contribution in [-0.4, -0.2) is 56.5 Å². The predicted octanol–water partition coefficient (Wildman–Crippen LogP) is 1.69. The zero-order valence-corrected chi connectivity index (χ0v) is 13.7. The molecule has 0 N–H and O–H groups in total. The van der Waals surface area contributed by atoms with Crippen molar-refractivity contribution in [3.63, 3.8) is 0 Å². The summed E-state index contributed by atoms with van der Waals surface area (Å²) in [6.45, 7) is 2.33. The Hall–Kier alpha value is -2.08. The summed E-state index contributed by atoms with van der Waals surface area (Å²) >= 11 is 0. The van der Waals surface area contributed by atoms with Gasteiger partial charge >= 0.3 is 0 Å². The van der Waals surface area contributed by atoms with Gasteiger partial charge in [0.25, 0.3) is 5.91 Å². The Bertz CT molecular complexity index is 714. The number of piperazine rings is 1. The van der Waals surface area contributed by atoms with Gasteiger partial charge in [0, 0.05) is 51.3 Å². The van der Waals surface area contributed by atoms with Crippen LogP contribution in [-0.2, 0) is 7.05 Å². The molecule has 2 aliphatic rings. The van der Waals surface area contributed by atoms with E-state index in [-0.39, 0.29) is 11.9 Å². The molecule has 4 rings (SSSR count). The van der Waals surface area contributed by atoms with Crippen molar-refractivity contribution in [3.05, 3.63) is 42.2 Å². The first kappa shape index (κ1) is 14.5. The van der Waals surface area contributed by atoms with E-state index in [1.807, 2.05) is 47.2 Å². The molecule has 1 amide bonds. The molecule has 0 aromatic carbocycles. The second-order valence-electron chi connectivity index (χ2n) is 6.68. The molecule has 2 aromatic rings. The maximum Gasteiger partial charge on any atom is 0.270 e. The van der Waals surface area contributed by atoms with Crippen LogP contribution in [0.3, 0.4) is 0 Å². The smallest absolute Gasteiger partial charge is 0.270 e. The fraction of sp³-hybridized carbons (Fsp3) is 0.529. The second kappa shape index (κ2) is 5.53. The van der Waals surface area contributed by atoms with E-state index in [0.29, 0.717) is 12.6 Å². The van der Waals surface area contributed by atoms with Crippen molar-refractivity contribution in [3.8, 4) is 0 Å². The van der Waals surface area contributed by atoms with Gasteiger partial charge in [0.05, 0.1) is 6.04 Å². The standard InChI is InChI=1S/C17H23N5O/c1-19-10-11-21(12-15(19)16-18-7-9-20(16)2)17(23)14-4-3-8-22(14)13-5-6-13/h3-4,7-9,13,15H,5-6,10-12H2,1-2H3. The first-order valence-electron chi connectivity index (χ1n) is 8.28. The summed E-state index contributed by atoms with van der Waals surface area (Å²) in [5, 5.41) is 0. The maximum absolute atomic E-state index is 13.0. The summed E-state index contributed by atoms with van der Waals surface area (Å²) in [6, 6.07) is 4.62. The molecule has 1 saturated carbocycles. The average molecular weight is 313 g/mol. The largest absolute Gasteiger partial charge is 0.340 e. The SMILES string of the molecule is CN1CCN(C(=O)c2cccn2C2CC2)CC1c1nccn1C. The van der Waals surface area contributed by atoms with Gasteiger partial charge in [-0.1, -0.05) is 0 Å². The second-order valence-corrected chi connectivity index (χ2v) is 6.68. The Morgan fingerprint density at radius 2 is 2.04 bits per heavy atom. The molecule has 6 heteroatoms. The summed E-state index contributed by atoms with van der Waals surface area (Å²) in [5.41, 5.74) is 0.829. The Labute approximate surface area is 136 Å². The predicted molar refractivity (Wildman–Crippen MR) is 87.2 cm³/mol. The molecular weight excluding hydrogens is 290 g/mol. The Morgan fingerprint density at radius 3 is 2.74 bits per heavy atom. The van der Waals surface area contributed by atoms with E-state index in [1.54, 1.807) is 0 Å². The monoisotopic (exact) mass is 313 g/mol. The van der Waals surface area contributed by atoms with Gasteiger partial charge in [-0.05, 0) is 32.0 Å². The number of hydrogen-bond acceptors (Lipinski definition) is 3.